The lowest BCUT2D eigenvalue weighted by Crippen LogP contribution is -2.47. The highest BCUT2D eigenvalue weighted by Gasteiger charge is 2.20. The average molecular weight is 359 g/mol. The van der Waals surface area contributed by atoms with Crippen LogP contribution in [-0.4, -0.2) is 39.9 Å². The van der Waals surface area contributed by atoms with Crippen molar-refractivity contribution in [2.45, 2.75) is 12.5 Å². The highest BCUT2D eigenvalue weighted by atomic mass is 79.9. The zero-order valence-electron chi connectivity index (χ0n) is 11.0. The topological polar surface area (TPSA) is 119 Å². The Labute approximate surface area is 129 Å². The van der Waals surface area contributed by atoms with Crippen molar-refractivity contribution in [2.24, 2.45) is 0 Å². The molecule has 0 bridgehead atoms. The smallest absolute Gasteiger partial charge is 0.326 e. The van der Waals surface area contributed by atoms with Crippen LogP contribution in [0.15, 0.2) is 29.3 Å². The number of carboxylic acids is 1. The van der Waals surface area contributed by atoms with Crippen molar-refractivity contribution in [3.05, 3.63) is 34.8 Å². The lowest BCUT2D eigenvalue weighted by Gasteiger charge is -2.15. The van der Waals surface area contributed by atoms with Gasteiger partial charge in [0.2, 0.25) is 0 Å². The molecule has 2 amide bonds. The molecule has 0 radical (unpaired) electrons. The molecule has 0 aliphatic carbocycles. The molecule has 0 fully saturated rings. The van der Waals surface area contributed by atoms with Gasteiger partial charge in [0.25, 0.3) is 0 Å². The Bertz CT molecular complexity index is 561. The summed E-state index contributed by atoms with van der Waals surface area (Å²) in [6.45, 7) is 3.70. The lowest BCUT2D eigenvalue weighted by atomic mass is 10.1. The first-order valence-electron chi connectivity index (χ1n) is 5.91. The van der Waals surface area contributed by atoms with Crippen molar-refractivity contribution in [1.29, 1.82) is 0 Å². The van der Waals surface area contributed by atoms with Crippen LogP contribution in [0, 0.1) is 0 Å². The van der Waals surface area contributed by atoms with Crippen molar-refractivity contribution in [2.75, 3.05) is 6.54 Å². The molecule has 0 spiro atoms. The standard InChI is InChI=1S/C13H15BrN2O5/c1-7(14)6-15-13(21)16-9(12(19)20)4-8-2-3-10(17)11(18)5-8/h2-3,5,9,17-18H,1,4,6H2,(H,19,20)(H2,15,16,21)/t9-/m0/s1. The van der Waals surface area contributed by atoms with Crippen molar-refractivity contribution in [3.8, 4) is 11.5 Å². The summed E-state index contributed by atoms with van der Waals surface area (Å²) in [5.41, 5.74) is 0.461. The van der Waals surface area contributed by atoms with Gasteiger partial charge in [0.15, 0.2) is 11.5 Å². The van der Waals surface area contributed by atoms with Crippen LogP contribution in [0.4, 0.5) is 4.79 Å². The summed E-state index contributed by atoms with van der Waals surface area (Å²) in [5, 5.41) is 32.4. The number of halogens is 1. The van der Waals surface area contributed by atoms with Gasteiger partial charge in [-0.25, -0.2) is 9.59 Å². The number of rotatable bonds is 6. The molecule has 7 nitrogen and oxygen atoms in total. The maximum absolute atomic E-state index is 11.5. The second kappa shape index (κ2) is 7.53. The average Bonchev–Trinajstić information content (AvgIpc) is 2.39. The fourth-order valence-corrected chi connectivity index (χ4v) is 1.66. The largest absolute Gasteiger partial charge is 0.504 e. The Hall–Kier alpha value is -2.22. The number of urea groups is 1. The third-order valence-electron chi connectivity index (χ3n) is 2.52. The number of carboxylic acid groups (broad SMARTS) is 1. The van der Waals surface area contributed by atoms with Gasteiger partial charge >= 0.3 is 12.0 Å². The molecule has 1 aromatic carbocycles. The Morgan fingerprint density at radius 2 is 1.95 bits per heavy atom. The molecule has 114 valence electrons. The van der Waals surface area contributed by atoms with Gasteiger partial charge < -0.3 is 26.0 Å². The van der Waals surface area contributed by atoms with Gasteiger partial charge in [0.1, 0.15) is 6.04 Å². The predicted octanol–water partition coefficient (Wildman–Crippen LogP) is 1.30. The van der Waals surface area contributed by atoms with Gasteiger partial charge in [-0.2, -0.15) is 0 Å². The number of phenols is 2. The first kappa shape index (κ1) is 16.8. The fourth-order valence-electron chi connectivity index (χ4n) is 1.52. The number of hydrogen-bond donors (Lipinski definition) is 5. The Kier molecular flexibility index (Phi) is 6.04. The van der Waals surface area contributed by atoms with Crippen LogP contribution >= 0.6 is 15.9 Å². The van der Waals surface area contributed by atoms with E-state index in [0.29, 0.717) is 10.0 Å². The second-order valence-corrected chi connectivity index (χ2v) is 5.38. The van der Waals surface area contributed by atoms with Crippen LogP contribution in [0.5, 0.6) is 11.5 Å². The van der Waals surface area contributed by atoms with E-state index in [0.717, 1.165) is 0 Å². The molecule has 1 aromatic rings. The van der Waals surface area contributed by atoms with Gasteiger partial charge in [0.05, 0.1) is 6.54 Å². The highest BCUT2D eigenvalue weighted by Crippen LogP contribution is 2.25. The molecule has 0 aromatic heterocycles. The molecule has 8 heteroatoms. The maximum Gasteiger partial charge on any atom is 0.326 e. The van der Waals surface area contributed by atoms with Crippen molar-refractivity contribution >= 4 is 27.9 Å². The number of aliphatic carboxylic acids is 1. The summed E-state index contributed by atoms with van der Waals surface area (Å²) in [6.07, 6.45) is -0.0359. The van der Waals surface area contributed by atoms with Gasteiger partial charge in [-0.15, -0.1) is 0 Å². The van der Waals surface area contributed by atoms with E-state index in [9.17, 15) is 19.8 Å². The summed E-state index contributed by atoms with van der Waals surface area (Å²) in [7, 11) is 0. The van der Waals surface area contributed by atoms with Crippen LogP contribution in [0.25, 0.3) is 0 Å². The monoisotopic (exact) mass is 358 g/mol. The molecule has 0 aliphatic heterocycles. The van der Waals surface area contributed by atoms with E-state index in [2.05, 4.69) is 33.1 Å². The summed E-state index contributed by atoms with van der Waals surface area (Å²) in [6, 6.07) is 2.14. The predicted molar refractivity (Wildman–Crippen MR) is 79.5 cm³/mol. The molecule has 0 unspecified atom stereocenters. The minimum absolute atomic E-state index is 0.0359. The SMILES string of the molecule is C=C(Br)CNC(=O)N[C@@H](Cc1ccc(O)c(O)c1)C(=O)O. The Morgan fingerprint density at radius 3 is 2.48 bits per heavy atom. The van der Waals surface area contributed by atoms with E-state index in [1.54, 1.807) is 0 Å². The third kappa shape index (κ3) is 5.74. The van der Waals surface area contributed by atoms with Crippen LogP contribution in [-0.2, 0) is 11.2 Å². The van der Waals surface area contributed by atoms with Gasteiger partial charge in [-0.3, -0.25) is 0 Å². The van der Waals surface area contributed by atoms with Crippen LogP contribution in [0.2, 0.25) is 0 Å². The molecular weight excluding hydrogens is 344 g/mol. The van der Waals surface area contributed by atoms with Crippen molar-refractivity contribution in [3.63, 3.8) is 0 Å². The van der Waals surface area contributed by atoms with E-state index in [-0.39, 0.29) is 24.5 Å². The summed E-state index contributed by atoms with van der Waals surface area (Å²) in [5.74, 6) is -1.86. The van der Waals surface area contributed by atoms with Crippen LogP contribution in [0.1, 0.15) is 5.56 Å². The zero-order valence-corrected chi connectivity index (χ0v) is 12.6. The first-order valence-corrected chi connectivity index (χ1v) is 6.70. The quantitative estimate of drug-likeness (QED) is 0.491. The lowest BCUT2D eigenvalue weighted by molar-refractivity contribution is -0.139. The van der Waals surface area contributed by atoms with E-state index in [1.807, 2.05) is 0 Å². The Morgan fingerprint density at radius 1 is 1.29 bits per heavy atom. The van der Waals surface area contributed by atoms with E-state index in [4.69, 9.17) is 5.11 Å². The van der Waals surface area contributed by atoms with Crippen LogP contribution < -0.4 is 10.6 Å². The van der Waals surface area contributed by atoms with Crippen molar-refractivity contribution < 1.29 is 24.9 Å². The number of nitrogens with one attached hydrogen (secondary N) is 2. The minimum Gasteiger partial charge on any atom is -0.504 e. The molecule has 0 saturated heterocycles. The number of aromatic hydroxyl groups is 2. The normalized spacial score (nSPS) is 11.5. The van der Waals surface area contributed by atoms with Gasteiger partial charge in [0, 0.05) is 10.9 Å². The molecule has 0 aliphatic rings. The van der Waals surface area contributed by atoms with E-state index >= 15 is 0 Å². The van der Waals surface area contributed by atoms with Gasteiger partial charge in [-0.1, -0.05) is 28.6 Å². The molecule has 5 N–H and O–H groups in total. The molecule has 1 atom stereocenters. The highest BCUT2D eigenvalue weighted by molar-refractivity contribution is 9.11. The van der Waals surface area contributed by atoms with Crippen molar-refractivity contribution in [1.82, 2.24) is 10.6 Å². The minimum atomic E-state index is -1.21. The molecule has 0 saturated carbocycles. The third-order valence-corrected chi connectivity index (χ3v) is 2.80. The summed E-state index contributed by atoms with van der Waals surface area (Å²) < 4.78 is 0.549. The van der Waals surface area contributed by atoms with Crippen LogP contribution in [0.3, 0.4) is 0 Å². The molecule has 21 heavy (non-hydrogen) atoms. The number of hydrogen-bond acceptors (Lipinski definition) is 4. The number of benzene rings is 1. The second-order valence-electron chi connectivity index (χ2n) is 4.26. The van der Waals surface area contributed by atoms with E-state index in [1.165, 1.54) is 18.2 Å². The summed E-state index contributed by atoms with van der Waals surface area (Å²) >= 11 is 3.06. The number of carbonyl (C=O) groups excluding carboxylic acids is 1. The molecular formula is C13H15BrN2O5. The number of carbonyl (C=O) groups is 2. The molecule has 1 rings (SSSR count). The van der Waals surface area contributed by atoms with Gasteiger partial charge in [-0.05, 0) is 17.7 Å². The first-order chi connectivity index (χ1) is 9.79. The number of amides is 2. The maximum atomic E-state index is 11.5. The molecule has 0 heterocycles. The summed E-state index contributed by atoms with van der Waals surface area (Å²) in [4.78, 5) is 22.7. The van der Waals surface area contributed by atoms with E-state index < -0.39 is 18.0 Å². The number of phenolic OH excluding ortho intramolecular Hbond substituents is 2. The zero-order chi connectivity index (χ0) is 16.0. The Balaban J connectivity index is 2.69. The fraction of sp³-hybridized carbons (Fsp3) is 0.231.